The summed E-state index contributed by atoms with van der Waals surface area (Å²) in [4.78, 5) is 0. The fourth-order valence-electron chi connectivity index (χ4n) is 3.27. The molecule has 0 radical (unpaired) electrons. The second-order valence-corrected chi connectivity index (χ2v) is 5.79. The van der Waals surface area contributed by atoms with Crippen LogP contribution in [0.5, 0.6) is 5.75 Å². The molecule has 0 aliphatic heterocycles. The third-order valence-electron chi connectivity index (χ3n) is 4.40. The molecule has 0 spiro atoms. The summed E-state index contributed by atoms with van der Waals surface area (Å²) in [6, 6.07) is 5.47. The maximum atomic E-state index is 14.2. The molecule has 1 saturated carbocycles. The van der Waals surface area contributed by atoms with E-state index in [9.17, 15) is 4.39 Å². The van der Waals surface area contributed by atoms with Crippen molar-refractivity contribution in [1.82, 2.24) is 5.32 Å². The Morgan fingerprint density at radius 2 is 2.10 bits per heavy atom. The minimum absolute atomic E-state index is 0.179. The lowest BCUT2D eigenvalue weighted by atomic mass is 9.89. The zero-order valence-corrected chi connectivity index (χ0v) is 12.6. The van der Waals surface area contributed by atoms with Gasteiger partial charge in [0.25, 0.3) is 0 Å². The van der Waals surface area contributed by atoms with Crippen LogP contribution in [-0.4, -0.2) is 20.2 Å². The van der Waals surface area contributed by atoms with Crippen LogP contribution < -0.4 is 10.1 Å². The Labute approximate surface area is 121 Å². The van der Waals surface area contributed by atoms with Crippen molar-refractivity contribution < 1.29 is 9.13 Å². The van der Waals surface area contributed by atoms with E-state index in [4.69, 9.17) is 4.74 Å². The second kappa shape index (κ2) is 7.63. The van der Waals surface area contributed by atoms with Gasteiger partial charge in [-0.25, -0.2) is 4.39 Å². The monoisotopic (exact) mass is 279 g/mol. The van der Waals surface area contributed by atoms with Crippen LogP contribution >= 0.6 is 0 Å². The van der Waals surface area contributed by atoms with Crippen molar-refractivity contribution in [2.75, 3.05) is 20.2 Å². The summed E-state index contributed by atoms with van der Waals surface area (Å²) >= 11 is 0. The second-order valence-electron chi connectivity index (χ2n) is 5.79. The maximum Gasteiger partial charge on any atom is 0.168 e. The van der Waals surface area contributed by atoms with Crippen LogP contribution in [0.2, 0.25) is 0 Å². The quantitative estimate of drug-likeness (QED) is 0.767. The molecule has 0 bridgehead atoms. The summed E-state index contributed by atoms with van der Waals surface area (Å²) < 4.78 is 19.3. The SMILES string of the molecule is CCCNCC1CCCC1Cc1cccc(OC)c1F. The molecule has 112 valence electrons. The Kier molecular flexibility index (Phi) is 5.84. The Morgan fingerprint density at radius 1 is 1.30 bits per heavy atom. The Morgan fingerprint density at radius 3 is 2.85 bits per heavy atom. The lowest BCUT2D eigenvalue weighted by Gasteiger charge is -2.20. The minimum Gasteiger partial charge on any atom is -0.494 e. The molecule has 0 aromatic heterocycles. The average Bonchev–Trinajstić information content (AvgIpc) is 2.89. The van der Waals surface area contributed by atoms with Gasteiger partial charge in [0, 0.05) is 0 Å². The lowest BCUT2D eigenvalue weighted by Crippen LogP contribution is -2.26. The van der Waals surface area contributed by atoms with Crippen molar-refractivity contribution in [2.24, 2.45) is 11.8 Å². The van der Waals surface area contributed by atoms with Crippen molar-refractivity contribution in [1.29, 1.82) is 0 Å². The van der Waals surface area contributed by atoms with E-state index in [0.717, 1.165) is 25.1 Å². The Hall–Kier alpha value is -1.09. The highest BCUT2D eigenvalue weighted by atomic mass is 19.1. The van der Waals surface area contributed by atoms with Crippen molar-refractivity contribution in [3.8, 4) is 5.75 Å². The third-order valence-corrected chi connectivity index (χ3v) is 4.40. The van der Waals surface area contributed by atoms with Gasteiger partial charge in [-0.2, -0.15) is 0 Å². The van der Waals surface area contributed by atoms with E-state index in [2.05, 4.69) is 12.2 Å². The predicted octanol–water partition coefficient (Wildman–Crippen LogP) is 3.79. The molecule has 20 heavy (non-hydrogen) atoms. The first kappa shape index (κ1) is 15.3. The first-order valence-electron chi connectivity index (χ1n) is 7.78. The van der Waals surface area contributed by atoms with Crippen LogP contribution in [0.4, 0.5) is 4.39 Å². The molecule has 1 fully saturated rings. The molecule has 1 aliphatic rings. The van der Waals surface area contributed by atoms with Crippen molar-refractivity contribution in [2.45, 2.75) is 39.0 Å². The van der Waals surface area contributed by atoms with E-state index in [0.29, 0.717) is 17.6 Å². The zero-order valence-electron chi connectivity index (χ0n) is 12.6. The molecule has 2 rings (SSSR count). The largest absolute Gasteiger partial charge is 0.494 e. The van der Waals surface area contributed by atoms with Crippen LogP contribution in [0.1, 0.15) is 38.2 Å². The van der Waals surface area contributed by atoms with Gasteiger partial charge in [-0.05, 0) is 62.2 Å². The molecule has 1 aromatic rings. The molecule has 0 amide bonds. The van der Waals surface area contributed by atoms with Gasteiger partial charge in [0.15, 0.2) is 11.6 Å². The summed E-state index contributed by atoms with van der Waals surface area (Å²) in [7, 11) is 1.52. The highest BCUT2D eigenvalue weighted by Crippen LogP contribution is 2.35. The number of halogens is 1. The number of nitrogens with one attached hydrogen (secondary N) is 1. The number of methoxy groups -OCH3 is 1. The highest BCUT2D eigenvalue weighted by Gasteiger charge is 2.28. The maximum absolute atomic E-state index is 14.2. The summed E-state index contributed by atoms with van der Waals surface area (Å²) in [5, 5.41) is 3.51. The van der Waals surface area contributed by atoms with E-state index in [1.54, 1.807) is 6.07 Å². The molecular formula is C17H26FNO. The molecule has 0 heterocycles. The molecule has 2 atom stereocenters. The zero-order chi connectivity index (χ0) is 14.4. The normalized spacial score (nSPS) is 22.1. The van der Waals surface area contributed by atoms with E-state index in [-0.39, 0.29) is 5.82 Å². The Balaban J connectivity index is 1.98. The molecule has 3 heteroatoms. The first-order valence-corrected chi connectivity index (χ1v) is 7.78. The van der Waals surface area contributed by atoms with E-state index >= 15 is 0 Å². The van der Waals surface area contributed by atoms with Crippen molar-refractivity contribution in [3.63, 3.8) is 0 Å². The van der Waals surface area contributed by atoms with Gasteiger partial charge in [0.1, 0.15) is 0 Å². The lowest BCUT2D eigenvalue weighted by molar-refractivity contribution is 0.354. The van der Waals surface area contributed by atoms with E-state index < -0.39 is 0 Å². The van der Waals surface area contributed by atoms with Crippen molar-refractivity contribution >= 4 is 0 Å². The summed E-state index contributed by atoms with van der Waals surface area (Å²) in [6.45, 7) is 4.34. The first-order chi connectivity index (χ1) is 9.76. The molecule has 2 nitrogen and oxygen atoms in total. The van der Waals surface area contributed by atoms with E-state index in [1.165, 1.54) is 32.8 Å². The number of benzene rings is 1. The van der Waals surface area contributed by atoms with Gasteiger partial charge in [-0.3, -0.25) is 0 Å². The number of hydrogen-bond donors (Lipinski definition) is 1. The van der Waals surface area contributed by atoms with Crippen LogP contribution in [0.3, 0.4) is 0 Å². The predicted molar refractivity (Wildman–Crippen MR) is 80.6 cm³/mol. The topological polar surface area (TPSA) is 21.3 Å². The van der Waals surface area contributed by atoms with Gasteiger partial charge >= 0.3 is 0 Å². The molecule has 1 aromatic carbocycles. The molecular weight excluding hydrogens is 253 g/mol. The fraction of sp³-hybridized carbons (Fsp3) is 0.647. The third kappa shape index (κ3) is 3.72. The van der Waals surface area contributed by atoms with Gasteiger partial charge < -0.3 is 10.1 Å². The summed E-state index contributed by atoms with van der Waals surface area (Å²) in [6.07, 6.45) is 5.76. The minimum atomic E-state index is -0.179. The van der Waals surface area contributed by atoms with Gasteiger partial charge in [0.2, 0.25) is 0 Å². The van der Waals surface area contributed by atoms with Gasteiger partial charge in [-0.1, -0.05) is 25.5 Å². The Bertz CT molecular complexity index is 421. The summed E-state index contributed by atoms with van der Waals surface area (Å²) in [5.41, 5.74) is 0.803. The standard InChI is InChI=1S/C17H26FNO/c1-3-10-19-12-15-8-4-6-13(15)11-14-7-5-9-16(20-2)17(14)18/h5,7,9,13,15,19H,3-4,6,8,10-12H2,1-2H3. The number of ether oxygens (including phenoxy) is 1. The van der Waals surface area contributed by atoms with Crippen LogP contribution in [0.15, 0.2) is 18.2 Å². The smallest absolute Gasteiger partial charge is 0.168 e. The van der Waals surface area contributed by atoms with E-state index in [1.807, 2.05) is 12.1 Å². The molecule has 1 aliphatic carbocycles. The molecule has 2 unspecified atom stereocenters. The number of rotatable bonds is 7. The van der Waals surface area contributed by atoms with Gasteiger partial charge in [0.05, 0.1) is 7.11 Å². The highest BCUT2D eigenvalue weighted by molar-refractivity contribution is 5.31. The average molecular weight is 279 g/mol. The molecule has 0 saturated heterocycles. The van der Waals surface area contributed by atoms with Crippen LogP contribution in [0.25, 0.3) is 0 Å². The van der Waals surface area contributed by atoms with Gasteiger partial charge in [-0.15, -0.1) is 0 Å². The number of hydrogen-bond acceptors (Lipinski definition) is 2. The summed E-state index contributed by atoms with van der Waals surface area (Å²) in [5.74, 6) is 1.47. The van der Waals surface area contributed by atoms with Crippen LogP contribution in [0, 0.1) is 17.7 Å². The van der Waals surface area contributed by atoms with Crippen LogP contribution in [-0.2, 0) is 6.42 Å². The fourth-order valence-corrected chi connectivity index (χ4v) is 3.27. The molecule has 1 N–H and O–H groups in total. The van der Waals surface area contributed by atoms with Crippen molar-refractivity contribution in [3.05, 3.63) is 29.6 Å².